The van der Waals surface area contributed by atoms with Gasteiger partial charge >= 0.3 is 5.97 Å². The van der Waals surface area contributed by atoms with Crippen molar-refractivity contribution in [3.8, 4) is 5.75 Å². The molecule has 0 aliphatic rings. The van der Waals surface area contributed by atoms with E-state index in [4.69, 9.17) is 9.47 Å². The number of thioether (sulfide) groups is 1. The third kappa shape index (κ3) is 4.57. The van der Waals surface area contributed by atoms with E-state index in [1.54, 1.807) is 4.52 Å². The maximum Gasteiger partial charge on any atom is 0.310 e. The van der Waals surface area contributed by atoms with E-state index in [1.165, 1.54) is 11.8 Å². The van der Waals surface area contributed by atoms with E-state index in [2.05, 4.69) is 15.1 Å². The number of rotatable bonds is 7. The van der Waals surface area contributed by atoms with Gasteiger partial charge in [-0.3, -0.25) is 4.79 Å². The minimum absolute atomic E-state index is 0.138. The number of nitrogens with zero attached hydrogens (tertiary/aromatic N) is 4. The lowest BCUT2D eigenvalue weighted by Gasteiger charge is -2.11. The largest absolute Gasteiger partial charge is 0.490 e. The molecular weight excluding hydrogens is 364 g/mol. The van der Waals surface area contributed by atoms with Crippen molar-refractivity contribution in [2.24, 2.45) is 0 Å². The predicted molar refractivity (Wildman–Crippen MR) is 103 cm³/mol. The van der Waals surface area contributed by atoms with Crippen molar-refractivity contribution < 1.29 is 14.3 Å². The Morgan fingerprint density at radius 2 is 2.00 bits per heavy atom. The standard InChI is InChI=1S/C19H22N4O3S/c1-12-6-5-7-15(10-12)25-8-9-26-17(24)11-16-13(2)20-18-21-19(27-4)22-23(18)14(16)3/h5-7,10H,8-9,11H2,1-4H3. The molecule has 3 aromatic rings. The number of aromatic nitrogens is 4. The summed E-state index contributed by atoms with van der Waals surface area (Å²) in [5, 5.41) is 5.04. The highest BCUT2D eigenvalue weighted by atomic mass is 32.2. The average Bonchev–Trinajstić information content (AvgIpc) is 3.05. The second kappa shape index (κ2) is 8.39. The summed E-state index contributed by atoms with van der Waals surface area (Å²) in [5.74, 6) is 0.988. The summed E-state index contributed by atoms with van der Waals surface area (Å²) in [5.41, 5.74) is 3.53. The molecule has 8 heteroatoms. The first kappa shape index (κ1) is 19.2. The number of carbonyl (C=O) groups excluding carboxylic acids is 1. The zero-order valence-corrected chi connectivity index (χ0v) is 16.7. The van der Waals surface area contributed by atoms with Crippen LogP contribution in [0.2, 0.25) is 0 Å². The monoisotopic (exact) mass is 386 g/mol. The zero-order valence-electron chi connectivity index (χ0n) is 15.9. The summed E-state index contributed by atoms with van der Waals surface area (Å²) in [6.45, 7) is 6.28. The van der Waals surface area contributed by atoms with E-state index in [-0.39, 0.29) is 19.0 Å². The molecular formula is C19H22N4O3S. The van der Waals surface area contributed by atoms with Crippen molar-refractivity contribution in [3.63, 3.8) is 0 Å². The lowest BCUT2D eigenvalue weighted by atomic mass is 10.1. The minimum atomic E-state index is -0.319. The van der Waals surface area contributed by atoms with Crippen LogP contribution >= 0.6 is 11.8 Å². The Morgan fingerprint density at radius 3 is 2.74 bits per heavy atom. The number of ether oxygens (including phenoxy) is 2. The van der Waals surface area contributed by atoms with E-state index in [0.717, 1.165) is 28.3 Å². The highest BCUT2D eigenvalue weighted by Crippen LogP contribution is 2.17. The quantitative estimate of drug-likeness (QED) is 0.351. The molecule has 0 bridgehead atoms. The number of fused-ring (bicyclic) bond motifs is 1. The topological polar surface area (TPSA) is 78.6 Å². The van der Waals surface area contributed by atoms with Crippen LogP contribution in [0, 0.1) is 20.8 Å². The summed E-state index contributed by atoms with van der Waals surface area (Å²) >= 11 is 1.45. The van der Waals surface area contributed by atoms with E-state index < -0.39 is 0 Å². The highest BCUT2D eigenvalue weighted by Gasteiger charge is 2.16. The lowest BCUT2D eigenvalue weighted by molar-refractivity contribution is -0.143. The summed E-state index contributed by atoms with van der Waals surface area (Å²) in [6, 6.07) is 7.75. The minimum Gasteiger partial charge on any atom is -0.490 e. The summed E-state index contributed by atoms with van der Waals surface area (Å²) in [7, 11) is 0. The van der Waals surface area contributed by atoms with Gasteiger partial charge in [-0.1, -0.05) is 23.9 Å². The number of benzene rings is 1. The maximum absolute atomic E-state index is 12.2. The van der Waals surface area contributed by atoms with Crippen molar-refractivity contribution in [3.05, 3.63) is 46.8 Å². The van der Waals surface area contributed by atoms with Gasteiger partial charge in [0, 0.05) is 17.0 Å². The van der Waals surface area contributed by atoms with Crippen LogP contribution in [0.1, 0.15) is 22.5 Å². The molecule has 0 amide bonds. The molecule has 1 aromatic carbocycles. The Kier molecular flexibility index (Phi) is 5.95. The fourth-order valence-electron chi connectivity index (χ4n) is 2.75. The number of carbonyl (C=O) groups is 1. The molecule has 142 valence electrons. The van der Waals surface area contributed by atoms with Crippen LogP contribution in [-0.2, 0) is 16.0 Å². The third-order valence-corrected chi connectivity index (χ3v) is 4.68. The zero-order chi connectivity index (χ0) is 19.4. The van der Waals surface area contributed by atoms with Crippen molar-refractivity contribution in [2.75, 3.05) is 19.5 Å². The molecule has 2 heterocycles. The Bertz CT molecular complexity index is 971. The average molecular weight is 386 g/mol. The van der Waals surface area contributed by atoms with Gasteiger partial charge in [-0.15, -0.1) is 5.10 Å². The fraction of sp³-hybridized carbons (Fsp3) is 0.368. The molecule has 0 unspecified atom stereocenters. The van der Waals surface area contributed by atoms with E-state index in [9.17, 15) is 4.79 Å². The van der Waals surface area contributed by atoms with Gasteiger partial charge in [0.05, 0.1) is 6.42 Å². The fourth-order valence-corrected chi connectivity index (χ4v) is 3.08. The normalized spacial score (nSPS) is 11.0. The van der Waals surface area contributed by atoms with Crippen LogP contribution in [-0.4, -0.2) is 45.0 Å². The second-order valence-electron chi connectivity index (χ2n) is 6.13. The van der Waals surface area contributed by atoms with Gasteiger partial charge in [0.25, 0.3) is 5.78 Å². The van der Waals surface area contributed by atoms with Crippen LogP contribution < -0.4 is 4.74 Å². The van der Waals surface area contributed by atoms with Crippen LogP contribution in [0.4, 0.5) is 0 Å². The highest BCUT2D eigenvalue weighted by molar-refractivity contribution is 7.98. The van der Waals surface area contributed by atoms with Gasteiger partial charge in [-0.25, -0.2) is 9.50 Å². The van der Waals surface area contributed by atoms with Crippen LogP contribution in [0.25, 0.3) is 5.78 Å². The van der Waals surface area contributed by atoms with Crippen molar-refractivity contribution in [1.82, 2.24) is 19.6 Å². The van der Waals surface area contributed by atoms with Gasteiger partial charge in [0.15, 0.2) is 0 Å². The van der Waals surface area contributed by atoms with E-state index in [0.29, 0.717) is 17.5 Å². The molecule has 0 N–H and O–H groups in total. The van der Waals surface area contributed by atoms with Crippen molar-refractivity contribution in [1.29, 1.82) is 0 Å². The second-order valence-corrected chi connectivity index (χ2v) is 6.91. The Hall–Kier alpha value is -2.61. The predicted octanol–water partition coefficient (Wildman–Crippen LogP) is 2.94. The lowest BCUT2D eigenvalue weighted by Crippen LogP contribution is -2.16. The smallest absolute Gasteiger partial charge is 0.310 e. The third-order valence-electron chi connectivity index (χ3n) is 4.14. The molecule has 0 spiro atoms. The van der Waals surface area contributed by atoms with Crippen molar-refractivity contribution >= 4 is 23.5 Å². The first-order valence-corrected chi connectivity index (χ1v) is 9.82. The molecule has 0 saturated carbocycles. The summed E-state index contributed by atoms with van der Waals surface area (Å²) in [6.07, 6.45) is 2.05. The van der Waals surface area contributed by atoms with Crippen LogP contribution in [0.3, 0.4) is 0 Å². The number of hydrogen-bond donors (Lipinski definition) is 0. The van der Waals surface area contributed by atoms with Gasteiger partial charge in [-0.2, -0.15) is 4.98 Å². The molecule has 0 fully saturated rings. The molecule has 0 aliphatic carbocycles. The summed E-state index contributed by atoms with van der Waals surface area (Å²) < 4.78 is 12.6. The molecule has 3 rings (SSSR count). The maximum atomic E-state index is 12.2. The Morgan fingerprint density at radius 1 is 1.19 bits per heavy atom. The van der Waals surface area contributed by atoms with Gasteiger partial charge in [-0.05, 0) is 44.7 Å². The van der Waals surface area contributed by atoms with E-state index >= 15 is 0 Å². The first-order valence-electron chi connectivity index (χ1n) is 8.60. The van der Waals surface area contributed by atoms with E-state index in [1.807, 2.05) is 51.3 Å². The van der Waals surface area contributed by atoms with Gasteiger partial charge in [0.1, 0.15) is 19.0 Å². The molecule has 0 radical (unpaired) electrons. The molecule has 0 saturated heterocycles. The van der Waals surface area contributed by atoms with Gasteiger partial charge < -0.3 is 9.47 Å². The molecule has 0 aliphatic heterocycles. The van der Waals surface area contributed by atoms with Crippen LogP contribution in [0.15, 0.2) is 29.4 Å². The molecule has 27 heavy (non-hydrogen) atoms. The molecule has 2 aromatic heterocycles. The number of aryl methyl sites for hydroxylation is 3. The van der Waals surface area contributed by atoms with Crippen LogP contribution in [0.5, 0.6) is 5.75 Å². The molecule has 7 nitrogen and oxygen atoms in total. The Balaban J connectivity index is 1.59. The summed E-state index contributed by atoms with van der Waals surface area (Å²) in [4.78, 5) is 21.0. The first-order chi connectivity index (χ1) is 13.0. The SMILES string of the molecule is CSc1nc2nc(C)c(CC(=O)OCCOc3cccc(C)c3)c(C)n2n1. The van der Waals surface area contributed by atoms with Gasteiger partial charge in [0.2, 0.25) is 5.16 Å². The number of esters is 1. The number of hydrogen-bond acceptors (Lipinski definition) is 7. The van der Waals surface area contributed by atoms with Crippen molar-refractivity contribution in [2.45, 2.75) is 32.3 Å². The Labute approximate surface area is 162 Å². The molecule has 0 atom stereocenters.